The van der Waals surface area contributed by atoms with E-state index in [1.807, 2.05) is 46.8 Å². The smallest absolute Gasteiger partial charge is 0.282 e. The van der Waals surface area contributed by atoms with Gasteiger partial charge in [0.1, 0.15) is 5.82 Å². The standard InChI is InChI=1S/C23H25BrClN3O3/c1-6-30-19-11-14(10-17(25)20(19)31-7-2)13-26-28-21(29)16-12-15(24)8-9-18(16)27-22(28)23(3,4)5/h8-13H,6-7H2,1-5H3. The van der Waals surface area contributed by atoms with Gasteiger partial charge < -0.3 is 9.47 Å². The molecule has 0 aliphatic rings. The average molecular weight is 507 g/mol. The van der Waals surface area contributed by atoms with E-state index < -0.39 is 5.41 Å². The highest BCUT2D eigenvalue weighted by atomic mass is 79.9. The van der Waals surface area contributed by atoms with E-state index in [1.165, 1.54) is 4.68 Å². The first kappa shape index (κ1) is 23.3. The Labute approximate surface area is 195 Å². The molecule has 0 unspecified atom stereocenters. The van der Waals surface area contributed by atoms with E-state index in [0.717, 1.165) is 4.47 Å². The van der Waals surface area contributed by atoms with Crippen molar-refractivity contribution in [3.8, 4) is 11.5 Å². The summed E-state index contributed by atoms with van der Waals surface area (Å²) in [6.07, 6.45) is 1.58. The molecule has 0 bridgehead atoms. The highest BCUT2D eigenvalue weighted by Crippen LogP contribution is 2.36. The molecule has 31 heavy (non-hydrogen) atoms. The van der Waals surface area contributed by atoms with Crippen molar-refractivity contribution in [2.45, 2.75) is 40.0 Å². The van der Waals surface area contributed by atoms with Crippen LogP contribution in [0.2, 0.25) is 5.02 Å². The Morgan fingerprint density at radius 1 is 1.16 bits per heavy atom. The number of nitrogens with zero attached hydrogens (tertiary/aromatic N) is 3. The van der Waals surface area contributed by atoms with Gasteiger partial charge >= 0.3 is 0 Å². The topological polar surface area (TPSA) is 65.7 Å². The Kier molecular flexibility index (Phi) is 7.06. The van der Waals surface area contributed by atoms with Crippen LogP contribution in [0.5, 0.6) is 11.5 Å². The summed E-state index contributed by atoms with van der Waals surface area (Å²) in [5, 5.41) is 5.39. The molecule has 8 heteroatoms. The Morgan fingerprint density at radius 2 is 1.87 bits per heavy atom. The number of hydrogen-bond donors (Lipinski definition) is 0. The van der Waals surface area contributed by atoms with E-state index in [1.54, 1.807) is 24.4 Å². The third kappa shape index (κ3) is 5.10. The molecule has 2 aromatic carbocycles. The average Bonchev–Trinajstić information content (AvgIpc) is 2.69. The van der Waals surface area contributed by atoms with Crippen LogP contribution in [0.25, 0.3) is 10.9 Å². The molecule has 0 N–H and O–H groups in total. The molecule has 0 aliphatic carbocycles. The maximum atomic E-state index is 13.3. The molecule has 0 saturated heterocycles. The van der Waals surface area contributed by atoms with Crippen molar-refractivity contribution in [3.05, 3.63) is 61.6 Å². The first-order chi connectivity index (χ1) is 14.7. The predicted octanol–water partition coefficient (Wildman–Crippen LogP) is 5.79. The van der Waals surface area contributed by atoms with Crippen LogP contribution in [-0.2, 0) is 5.41 Å². The van der Waals surface area contributed by atoms with Crippen LogP contribution < -0.4 is 15.0 Å². The molecule has 0 amide bonds. The molecule has 164 valence electrons. The van der Waals surface area contributed by atoms with Crippen molar-refractivity contribution in [1.29, 1.82) is 0 Å². The highest BCUT2D eigenvalue weighted by molar-refractivity contribution is 9.10. The molecule has 0 fully saturated rings. The Morgan fingerprint density at radius 3 is 2.52 bits per heavy atom. The van der Waals surface area contributed by atoms with E-state index >= 15 is 0 Å². The molecule has 1 heterocycles. The second kappa shape index (κ2) is 9.40. The SMILES string of the molecule is CCOc1cc(C=Nn2c(C(C)(C)C)nc3ccc(Br)cc3c2=O)cc(Cl)c1OCC. The number of benzene rings is 2. The van der Waals surface area contributed by atoms with E-state index in [2.05, 4.69) is 21.0 Å². The van der Waals surface area contributed by atoms with Gasteiger partial charge in [-0.25, -0.2) is 4.98 Å². The fourth-order valence-corrected chi connectivity index (χ4v) is 3.71. The van der Waals surface area contributed by atoms with Crippen molar-refractivity contribution in [2.75, 3.05) is 13.2 Å². The zero-order chi connectivity index (χ0) is 22.8. The molecule has 0 radical (unpaired) electrons. The van der Waals surface area contributed by atoms with Crippen LogP contribution in [-0.4, -0.2) is 29.1 Å². The predicted molar refractivity (Wildman–Crippen MR) is 129 cm³/mol. The third-order valence-electron chi connectivity index (χ3n) is 4.42. The monoisotopic (exact) mass is 505 g/mol. The van der Waals surface area contributed by atoms with Gasteiger partial charge in [-0.05, 0) is 49.7 Å². The fourth-order valence-electron chi connectivity index (χ4n) is 3.08. The van der Waals surface area contributed by atoms with E-state index in [0.29, 0.717) is 52.0 Å². The largest absolute Gasteiger partial charge is 0.490 e. The summed E-state index contributed by atoms with van der Waals surface area (Å²) in [4.78, 5) is 18.0. The molecule has 0 aliphatic heterocycles. The second-order valence-corrected chi connectivity index (χ2v) is 9.23. The lowest BCUT2D eigenvalue weighted by atomic mass is 9.95. The van der Waals surface area contributed by atoms with E-state index in [4.69, 9.17) is 26.1 Å². The molecule has 6 nitrogen and oxygen atoms in total. The molecule has 3 rings (SSSR count). The molecule has 0 spiro atoms. The second-order valence-electron chi connectivity index (χ2n) is 7.90. The minimum absolute atomic E-state index is 0.241. The van der Waals surface area contributed by atoms with Crippen molar-refractivity contribution < 1.29 is 9.47 Å². The molecule has 3 aromatic rings. The summed E-state index contributed by atoms with van der Waals surface area (Å²) in [5.74, 6) is 1.58. The van der Waals surface area contributed by atoms with Crippen molar-refractivity contribution in [2.24, 2.45) is 5.10 Å². The van der Waals surface area contributed by atoms with Crippen molar-refractivity contribution in [3.63, 3.8) is 0 Å². The normalized spacial score (nSPS) is 12.0. The molecule has 0 atom stereocenters. The lowest BCUT2D eigenvalue weighted by molar-refractivity contribution is 0.288. The van der Waals surface area contributed by atoms with Gasteiger partial charge in [0.15, 0.2) is 11.5 Å². The van der Waals surface area contributed by atoms with Gasteiger partial charge in [-0.2, -0.15) is 9.78 Å². The minimum Gasteiger partial charge on any atom is -0.490 e. The van der Waals surface area contributed by atoms with Crippen LogP contribution >= 0.6 is 27.5 Å². The Hall–Kier alpha value is -2.38. The molecular formula is C23H25BrClN3O3. The maximum absolute atomic E-state index is 13.3. The van der Waals surface area contributed by atoms with Crippen LogP contribution in [0.1, 0.15) is 46.0 Å². The van der Waals surface area contributed by atoms with Crippen LogP contribution in [0.15, 0.2) is 44.7 Å². The van der Waals surface area contributed by atoms with Gasteiger partial charge in [0, 0.05) is 9.89 Å². The fraction of sp³-hybridized carbons (Fsp3) is 0.348. The zero-order valence-electron chi connectivity index (χ0n) is 18.2. The van der Waals surface area contributed by atoms with Crippen molar-refractivity contribution >= 4 is 44.6 Å². The maximum Gasteiger partial charge on any atom is 0.282 e. The van der Waals surface area contributed by atoms with Gasteiger partial charge in [0.25, 0.3) is 5.56 Å². The first-order valence-corrected chi connectivity index (χ1v) is 11.2. The number of aromatic nitrogens is 2. The van der Waals surface area contributed by atoms with Gasteiger partial charge in [-0.1, -0.05) is 48.3 Å². The summed E-state index contributed by atoms with van der Waals surface area (Å²) < 4.78 is 13.4. The summed E-state index contributed by atoms with van der Waals surface area (Å²) in [5.41, 5.74) is 0.671. The quantitative estimate of drug-likeness (QED) is 0.397. The van der Waals surface area contributed by atoms with Gasteiger partial charge in [-0.15, -0.1) is 0 Å². The molecule has 1 aromatic heterocycles. The summed E-state index contributed by atoms with van der Waals surface area (Å²) in [6.45, 7) is 10.7. The number of rotatable bonds is 6. The van der Waals surface area contributed by atoms with Crippen LogP contribution in [0.3, 0.4) is 0 Å². The van der Waals surface area contributed by atoms with E-state index in [9.17, 15) is 4.79 Å². The van der Waals surface area contributed by atoms with Crippen molar-refractivity contribution in [1.82, 2.24) is 9.66 Å². The van der Waals surface area contributed by atoms with Gasteiger partial charge in [0.2, 0.25) is 0 Å². The number of hydrogen-bond acceptors (Lipinski definition) is 5. The number of ether oxygens (including phenoxy) is 2. The Bertz CT molecular complexity index is 1200. The number of halogens is 2. The van der Waals surface area contributed by atoms with Gasteiger partial charge in [-0.3, -0.25) is 4.79 Å². The Balaban J connectivity index is 2.16. The highest BCUT2D eigenvalue weighted by Gasteiger charge is 2.23. The lowest BCUT2D eigenvalue weighted by Gasteiger charge is -2.21. The minimum atomic E-state index is -0.398. The summed E-state index contributed by atoms with van der Waals surface area (Å²) in [7, 11) is 0. The summed E-state index contributed by atoms with van der Waals surface area (Å²) in [6, 6.07) is 8.96. The first-order valence-electron chi connectivity index (χ1n) is 10.0. The zero-order valence-corrected chi connectivity index (χ0v) is 20.5. The molecule has 0 saturated carbocycles. The lowest BCUT2D eigenvalue weighted by Crippen LogP contribution is -2.29. The van der Waals surface area contributed by atoms with Crippen LogP contribution in [0.4, 0.5) is 0 Å². The summed E-state index contributed by atoms with van der Waals surface area (Å²) >= 11 is 9.83. The molecular weight excluding hydrogens is 482 g/mol. The van der Waals surface area contributed by atoms with E-state index in [-0.39, 0.29) is 5.56 Å². The third-order valence-corrected chi connectivity index (χ3v) is 5.20. The van der Waals surface area contributed by atoms with Crippen LogP contribution in [0, 0.1) is 0 Å². The van der Waals surface area contributed by atoms with Gasteiger partial charge in [0.05, 0.1) is 35.4 Å². The number of fused-ring (bicyclic) bond motifs is 1.